The Labute approximate surface area is 105 Å². The molecule has 3 rings (SSSR count). The zero-order valence-electron chi connectivity index (χ0n) is 9.24. The summed E-state index contributed by atoms with van der Waals surface area (Å²) in [5.41, 5.74) is 0.758. The van der Waals surface area contributed by atoms with E-state index < -0.39 is 0 Å². The number of aromatic amines is 1. The van der Waals surface area contributed by atoms with E-state index >= 15 is 0 Å². The van der Waals surface area contributed by atoms with Gasteiger partial charge in [0.25, 0.3) is 0 Å². The largest absolute Gasteiger partial charge is 0.352 e. The molecular weight excluding hydrogens is 243 g/mol. The van der Waals surface area contributed by atoms with Crippen LogP contribution < -0.4 is 10.2 Å². The van der Waals surface area contributed by atoms with Gasteiger partial charge in [-0.05, 0) is 18.2 Å². The maximum atomic E-state index is 13.0. The predicted octanol–water partition coefficient (Wildman–Crippen LogP) is 1.53. The van der Waals surface area contributed by atoms with Gasteiger partial charge in [0.2, 0.25) is 0 Å². The number of aromatic nitrogens is 2. The third-order valence-corrected chi connectivity index (χ3v) is 2.92. The molecule has 2 heterocycles. The van der Waals surface area contributed by atoms with E-state index in [0.717, 1.165) is 42.9 Å². The normalized spacial score (nSPS) is 15.9. The summed E-state index contributed by atoms with van der Waals surface area (Å²) in [6.45, 7) is 3.82. The minimum Gasteiger partial charge on any atom is -0.352 e. The maximum absolute atomic E-state index is 13.0. The Kier molecular flexibility index (Phi) is 3.49. The lowest BCUT2D eigenvalue weighted by Gasteiger charge is -2.27. The average Bonchev–Trinajstić information content (AvgIpc) is 2.73. The average molecular weight is 257 g/mol. The molecule has 0 saturated carbocycles. The van der Waals surface area contributed by atoms with Gasteiger partial charge in [0.05, 0.1) is 5.52 Å². The van der Waals surface area contributed by atoms with E-state index in [1.165, 1.54) is 12.1 Å². The first-order valence-electron chi connectivity index (χ1n) is 5.44. The van der Waals surface area contributed by atoms with E-state index in [1.807, 2.05) is 0 Å². The molecule has 6 heteroatoms. The number of nitrogens with one attached hydrogen (secondary N) is 2. The highest BCUT2D eigenvalue weighted by atomic mass is 35.5. The third-order valence-electron chi connectivity index (χ3n) is 2.92. The summed E-state index contributed by atoms with van der Waals surface area (Å²) in [7, 11) is 0. The maximum Gasteiger partial charge on any atom is 0.158 e. The minimum atomic E-state index is -0.233. The molecular formula is C11H14ClFN4. The summed E-state index contributed by atoms with van der Waals surface area (Å²) in [4.78, 5) is 2.22. The molecule has 2 N–H and O–H groups in total. The Balaban J connectivity index is 0.00000108. The van der Waals surface area contributed by atoms with Crippen molar-refractivity contribution in [2.45, 2.75) is 0 Å². The fourth-order valence-electron chi connectivity index (χ4n) is 2.10. The van der Waals surface area contributed by atoms with E-state index in [1.54, 1.807) is 6.07 Å². The lowest BCUT2D eigenvalue weighted by Crippen LogP contribution is -2.43. The van der Waals surface area contributed by atoms with Gasteiger partial charge in [-0.2, -0.15) is 5.10 Å². The summed E-state index contributed by atoms with van der Waals surface area (Å²) in [5, 5.41) is 11.4. The van der Waals surface area contributed by atoms with E-state index in [2.05, 4.69) is 20.4 Å². The summed E-state index contributed by atoms with van der Waals surface area (Å²) in [6.07, 6.45) is 0. The molecule has 1 aliphatic heterocycles. The molecule has 2 aromatic rings. The second kappa shape index (κ2) is 4.89. The second-order valence-electron chi connectivity index (χ2n) is 3.97. The van der Waals surface area contributed by atoms with Crippen molar-refractivity contribution in [1.82, 2.24) is 15.5 Å². The number of halogens is 2. The summed E-state index contributed by atoms with van der Waals surface area (Å²) < 4.78 is 13.0. The van der Waals surface area contributed by atoms with Gasteiger partial charge in [-0.3, -0.25) is 5.10 Å². The molecule has 0 spiro atoms. The fourth-order valence-corrected chi connectivity index (χ4v) is 2.10. The standard InChI is InChI=1S/C11H13FN4.ClH/c12-8-1-2-9-10(7-8)14-15-11(9)16-5-3-13-4-6-16;/h1-2,7,13H,3-6H2,(H,14,15);1H. The molecule has 0 unspecified atom stereocenters. The number of hydrogen-bond acceptors (Lipinski definition) is 3. The number of nitrogens with zero attached hydrogens (tertiary/aromatic N) is 2. The van der Waals surface area contributed by atoms with Crippen LogP contribution in [0.5, 0.6) is 0 Å². The SMILES string of the molecule is Cl.Fc1ccc2c(N3CCNCC3)n[nH]c2c1. The molecule has 0 radical (unpaired) electrons. The van der Waals surface area contributed by atoms with Gasteiger partial charge < -0.3 is 10.2 Å². The van der Waals surface area contributed by atoms with Crippen LogP contribution in [0.1, 0.15) is 0 Å². The molecule has 0 aliphatic carbocycles. The molecule has 1 aliphatic rings. The number of rotatable bonds is 1. The molecule has 1 fully saturated rings. The van der Waals surface area contributed by atoms with Gasteiger partial charge in [-0.1, -0.05) is 0 Å². The van der Waals surface area contributed by atoms with Gasteiger partial charge >= 0.3 is 0 Å². The van der Waals surface area contributed by atoms with Crippen molar-refractivity contribution in [3.63, 3.8) is 0 Å². The molecule has 92 valence electrons. The van der Waals surface area contributed by atoms with Crippen LogP contribution in [0.15, 0.2) is 18.2 Å². The number of piperazine rings is 1. The first kappa shape index (κ1) is 12.1. The number of anilines is 1. The number of H-pyrrole nitrogens is 1. The monoisotopic (exact) mass is 256 g/mol. The zero-order valence-corrected chi connectivity index (χ0v) is 10.1. The van der Waals surface area contributed by atoms with Crippen LogP contribution in [0.4, 0.5) is 10.2 Å². The Morgan fingerprint density at radius 2 is 2.00 bits per heavy atom. The van der Waals surface area contributed by atoms with Crippen molar-refractivity contribution in [3.8, 4) is 0 Å². The first-order chi connectivity index (χ1) is 7.84. The lowest BCUT2D eigenvalue weighted by atomic mass is 10.2. The van der Waals surface area contributed by atoms with Gasteiger partial charge in [-0.15, -0.1) is 12.4 Å². The lowest BCUT2D eigenvalue weighted by molar-refractivity contribution is 0.585. The van der Waals surface area contributed by atoms with Crippen molar-refractivity contribution in [1.29, 1.82) is 0 Å². The predicted molar refractivity (Wildman–Crippen MR) is 68.4 cm³/mol. The van der Waals surface area contributed by atoms with Crippen LogP contribution in [0, 0.1) is 5.82 Å². The highest BCUT2D eigenvalue weighted by molar-refractivity contribution is 5.90. The van der Waals surface area contributed by atoms with Crippen LogP contribution in [-0.2, 0) is 0 Å². The Morgan fingerprint density at radius 1 is 1.24 bits per heavy atom. The third kappa shape index (κ3) is 2.21. The van der Waals surface area contributed by atoms with Crippen LogP contribution in [0.3, 0.4) is 0 Å². The zero-order chi connectivity index (χ0) is 11.0. The van der Waals surface area contributed by atoms with Crippen molar-refractivity contribution < 1.29 is 4.39 Å². The fraction of sp³-hybridized carbons (Fsp3) is 0.364. The first-order valence-corrected chi connectivity index (χ1v) is 5.44. The van der Waals surface area contributed by atoms with Crippen LogP contribution in [0.25, 0.3) is 10.9 Å². The summed E-state index contributed by atoms with van der Waals surface area (Å²) in [5.74, 6) is 0.694. The highest BCUT2D eigenvalue weighted by Crippen LogP contribution is 2.24. The molecule has 1 aromatic heterocycles. The van der Waals surface area contributed by atoms with Crippen LogP contribution in [0.2, 0.25) is 0 Å². The second-order valence-corrected chi connectivity index (χ2v) is 3.97. The molecule has 0 amide bonds. The van der Waals surface area contributed by atoms with Crippen LogP contribution in [-0.4, -0.2) is 36.4 Å². The summed E-state index contributed by atoms with van der Waals surface area (Å²) >= 11 is 0. The smallest absolute Gasteiger partial charge is 0.158 e. The van der Waals surface area contributed by atoms with Crippen molar-refractivity contribution in [3.05, 3.63) is 24.0 Å². The van der Waals surface area contributed by atoms with Gasteiger partial charge in [0, 0.05) is 31.6 Å². The minimum absolute atomic E-state index is 0. The summed E-state index contributed by atoms with van der Waals surface area (Å²) in [6, 6.07) is 4.74. The van der Waals surface area contributed by atoms with Gasteiger partial charge in [0.15, 0.2) is 5.82 Å². The number of hydrogen-bond donors (Lipinski definition) is 2. The van der Waals surface area contributed by atoms with E-state index in [-0.39, 0.29) is 18.2 Å². The Bertz CT molecular complexity index is 507. The highest BCUT2D eigenvalue weighted by Gasteiger charge is 2.15. The van der Waals surface area contributed by atoms with E-state index in [4.69, 9.17) is 0 Å². The molecule has 0 atom stereocenters. The molecule has 4 nitrogen and oxygen atoms in total. The van der Waals surface area contributed by atoms with Crippen molar-refractivity contribution in [2.24, 2.45) is 0 Å². The number of benzene rings is 1. The molecule has 0 bridgehead atoms. The molecule has 17 heavy (non-hydrogen) atoms. The van der Waals surface area contributed by atoms with Crippen molar-refractivity contribution in [2.75, 3.05) is 31.1 Å². The quantitative estimate of drug-likeness (QED) is 0.813. The van der Waals surface area contributed by atoms with Gasteiger partial charge in [0.1, 0.15) is 5.82 Å². The van der Waals surface area contributed by atoms with E-state index in [9.17, 15) is 4.39 Å². The van der Waals surface area contributed by atoms with Gasteiger partial charge in [-0.25, -0.2) is 4.39 Å². The molecule has 1 aromatic carbocycles. The Morgan fingerprint density at radius 3 is 2.76 bits per heavy atom. The Hall–Kier alpha value is -1.33. The number of fused-ring (bicyclic) bond motifs is 1. The van der Waals surface area contributed by atoms with E-state index in [0.29, 0.717) is 0 Å². The molecule has 1 saturated heterocycles. The van der Waals surface area contributed by atoms with Crippen molar-refractivity contribution >= 4 is 29.1 Å². The van der Waals surface area contributed by atoms with Crippen LogP contribution >= 0.6 is 12.4 Å². The topological polar surface area (TPSA) is 44.0 Å².